The van der Waals surface area contributed by atoms with Crippen LogP contribution in [-0.4, -0.2) is 35.5 Å². The van der Waals surface area contributed by atoms with Crippen molar-refractivity contribution in [1.82, 2.24) is 15.3 Å². The van der Waals surface area contributed by atoms with Crippen molar-refractivity contribution in [3.8, 4) is 11.8 Å². The summed E-state index contributed by atoms with van der Waals surface area (Å²) in [7, 11) is 0. The Hall–Kier alpha value is -2.87. The Morgan fingerprint density at radius 1 is 1.29 bits per heavy atom. The van der Waals surface area contributed by atoms with Crippen LogP contribution in [0.2, 0.25) is 0 Å². The van der Waals surface area contributed by atoms with Crippen LogP contribution in [0.5, 0.6) is 0 Å². The van der Waals surface area contributed by atoms with Crippen LogP contribution in [0.1, 0.15) is 18.4 Å². The smallest absolute Gasteiger partial charge is 0.225 e. The van der Waals surface area contributed by atoms with E-state index < -0.39 is 0 Å². The van der Waals surface area contributed by atoms with Gasteiger partial charge in [-0.25, -0.2) is 4.98 Å². The highest BCUT2D eigenvalue weighted by molar-refractivity contribution is 5.79. The summed E-state index contributed by atoms with van der Waals surface area (Å²) < 4.78 is 0. The fourth-order valence-corrected chi connectivity index (χ4v) is 2.80. The monoisotopic (exact) mass is 320 g/mol. The van der Waals surface area contributed by atoms with Gasteiger partial charge in [-0.2, -0.15) is 0 Å². The largest absolute Gasteiger partial charge is 0.355 e. The zero-order valence-electron chi connectivity index (χ0n) is 13.5. The van der Waals surface area contributed by atoms with Gasteiger partial charge in [0.25, 0.3) is 0 Å². The predicted molar refractivity (Wildman–Crippen MR) is 93.3 cm³/mol. The molecule has 24 heavy (non-hydrogen) atoms. The van der Waals surface area contributed by atoms with Gasteiger partial charge in [0.15, 0.2) is 0 Å². The highest BCUT2D eigenvalue weighted by Crippen LogP contribution is 2.20. The number of aromatic nitrogens is 2. The number of amides is 1. The molecule has 1 aliphatic heterocycles. The van der Waals surface area contributed by atoms with Gasteiger partial charge in [-0.05, 0) is 25.0 Å². The molecule has 1 fully saturated rings. The molecule has 2 aromatic rings. The average molecular weight is 320 g/mol. The highest BCUT2D eigenvalue weighted by atomic mass is 16.1. The molecule has 0 radical (unpaired) electrons. The van der Waals surface area contributed by atoms with Gasteiger partial charge in [-0.1, -0.05) is 30.0 Å². The van der Waals surface area contributed by atoms with Crippen molar-refractivity contribution >= 4 is 11.7 Å². The van der Waals surface area contributed by atoms with Crippen LogP contribution in [0.4, 0.5) is 5.82 Å². The van der Waals surface area contributed by atoms with E-state index in [0.29, 0.717) is 13.1 Å². The zero-order chi connectivity index (χ0) is 16.6. The van der Waals surface area contributed by atoms with Crippen molar-refractivity contribution < 1.29 is 4.79 Å². The summed E-state index contributed by atoms with van der Waals surface area (Å²) in [5, 5.41) is 2.92. The molecular weight excluding hydrogens is 300 g/mol. The number of piperidine rings is 1. The van der Waals surface area contributed by atoms with Crippen LogP contribution >= 0.6 is 0 Å². The summed E-state index contributed by atoms with van der Waals surface area (Å²) in [6, 6.07) is 9.76. The summed E-state index contributed by atoms with van der Waals surface area (Å²) in [4.78, 5) is 22.9. The third kappa shape index (κ3) is 4.32. The normalized spacial score (nSPS) is 16.8. The minimum Gasteiger partial charge on any atom is -0.355 e. The van der Waals surface area contributed by atoms with Gasteiger partial charge in [-0.15, -0.1) is 0 Å². The van der Waals surface area contributed by atoms with E-state index in [4.69, 9.17) is 0 Å². The van der Waals surface area contributed by atoms with Crippen LogP contribution in [-0.2, 0) is 4.79 Å². The Balaban J connectivity index is 1.51. The Labute approximate surface area is 142 Å². The minimum absolute atomic E-state index is 0.0284. The van der Waals surface area contributed by atoms with Crippen molar-refractivity contribution in [2.75, 3.05) is 24.5 Å². The molecule has 0 saturated carbocycles. The molecule has 2 heterocycles. The average Bonchev–Trinajstić information content (AvgIpc) is 2.67. The fourth-order valence-electron chi connectivity index (χ4n) is 2.80. The molecule has 1 atom stereocenters. The van der Waals surface area contributed by atoms with Crippen molar-refractivity contribution in [2.24, 2.45) is 5.92 Å². The standard InChI is InChI=1S/C19H20N4O/c24-19(22-10-4-8-16-6-2-1-3-7-16)17-9-5-13-23(15-17)18-14-20-11-12-21-18/h1-3,6-7,11-12,14,17H,5,9-10,13,15H2,(H,22,24)/t17-/m1/s1. The fraction of sp³-hybridized carbons (Fsp3) is 0.316. The maximum absolute atomic E-state index is 12.3. The molecule has 0 aliphatic carbocycles. The van der Waals surface area contributed by atoms with Gasteiger partial charge in [0.05, 0.1) is 18.7 Å². The SMILES string of the molecule is O=C(NCC#Cc1ccccc1)[C@@H]1CCCN(c2cnccn2)C1. The number of carbonyl (C=O) groups excluding carboxylic acids is 1. The lowest BCUT2D eigenvalue weighted by Crippen LogP contribution is -2.43. The van der Waals surface area contributed by atoms with E-state index in [1.807, 2.05) is 30.3 Å². The Morgan fingerprint density at radius 2 is 2.17 bits per heavy atom. The Bertz CT molecular complexity index is 721. The minimum atomic E-state index is -0.0284. The molecule has 3 rings (SSSR count). The predicted octanol–water partition coefficient (Wildman–Crippen LogP) is 1.86. The van der Waals surface area contributed by atoms with E-state index in [-0.39, 0.29) is 11.8 Å². The first-order valence-corrected chi connectivity index (χ1v) is 8.15. The lowest BCUT2D eigenvalue weighted by molar-refractivity contribution is -0.124. The molecular formula is C19H20N4O. The molecule has 1 N–H and O–H groups in total. The van der Waals surface area contributed by atoms with Gasteiger partial charge in [0.2, 0.25) is 5.91 Å². The van der Waals surface area contributed by atoms with Gasteiger partial charge in [-0.3, -0.25) is 9.78 Å². The maximum atomic E-state index is 12.3. The molecule has 1 amide bonds. The molecule has 0 bridgehead atoms. The maximum Gasteiger partial charge on any atom is 0.225 e. The van der Waals surface area contributed by atoms with Crippen LogP contribution in [0.15, 0.2) is 48.9 Å². The van der Waals surface area contributed by atoms with Crippen LogP contribution in [0, 0.1) is 17.8 Å². The van der Waals surface area contributed by atoms with Crippen molar-refractivity contribution in [3.05, 3.63) is 54.5 Å². The van der Waals surface area contributed by atoms with Crippen molar-refractivity contribution in [3.63, 3.8) is 0 Å². The third-order valence-electron chi connectivity index (χ3n) is 4.02. The number of anilines is 1. The number of nitrogens with zero attached hydrogens (tertiary/aromatic N) is 3. The van der Waals surface area contributed by atoms with Gasteiger partial charge in [0, 0.05) is 31.0 Å². The Kier molecular flexibility index (Phi) is 5.41. The zero-order valence-corrected chi connectivity index (χ0v) is 13.5. The first-order valence-electron chi connectivity index (χ1n) is 8.15. The van der Waals surface area contributed by atoms with E-state index >= 15 is 0 Å². The van der Waals surface area contributed by atoms with Crippen LogP contribution < -0.4 is 10.2 Å². The summed E-state index contributed by atoms with van der Waals surface area (Å²) in [6.07, 6.45) is 6.95. The molecule has 0 unspecified atom stereocenters. The number of nitrogens with one attached hydrogen (secondary N) is 1. The summed E-state index contributed by atoms with van der Waals surface area (Å²) in [5.41, 5.74) is 0.957. The molecule has 5 heteroatoms. The molecule has 0 spiro atoms. The molecule has 1 saturated heterocycles. The van der Waals surface area contributed by atoms with Gasteiger partial charge in [0.1, 0.15) is 5.82 Å². The second-order valence-corrected chi connectivity index (χ2v) is 5.73. The van der Waals surface area contributed by atoms with Crippen LogP contribution in [0.3, 0.4) is 0 Å². The summed E-state index contributed by atoms with van der Waals surface area (Å²) in [6.45, 7) is 1.96. The third-order valence-corrected chi connectivity index (χ3v) is 4.02. The lowest BCUT2D eigenvalue weighted by atomic mass is 9.97. The number of hydrogen-bond donors (Lipinski definition) is 1. The van der Waals surface area contributed by atoms with E-state index in [0.717, 1.165) is 30.8 Å². The lowest BCUT2D eigenvalue weighted by Gasteiger charge is -2.32. The van der Waals surface area contributed by atoms with E-state index in [1.165, 1.54) is 0 Å². The van der Waals surface area contributed by atoms with Crippen molar-refractivity contribution in [2.45, 2.75) is 12.8 Å². The van der Waals surface area contributed by atoms with Crippen molar-refractivity contribution in [1.29, 1.82) is 0 Å². The number of carbonyl (C=O) groups is 1. The summed E-state index contributed by atoms with van der Waals surface area (Å²) >= 11 is 0. The Morgan fingerprint density at radius 3 is 2.96 bits per heavy atom. The second-order valence-electron chi connectivity index (χ2n) is 5.73. The number of hydrogen-bond acceptors (Lipinski definition) is 4. The van der Waals surface area contributed by atoms with Crippen LogP contribution in [0.25, 0.3) is 0 Å². The number of benzene rings is 1. The molecule has 1 aliphatic rings. The van der Waals surface area contributed by atoms with Gasteiger partial charge < -0.3 is 10.2 Å². The van der Waals surface area contributed by atoms with E-state index in [9.17, 15) is 4.79 Å². The molecule has 1 aromatic carbocycles. The molecule has 5 nitrogen and oxygen atoms in total. The van der Waals surface area contributed by atoms with E-state index in [1.54, 1.807) is 18.6 Å². The highest BCUT2D eigenvalue weighted by Gasteiger charge is 2.26. The number of rotatable bonds is 3. The quantitative estimate of drug-likeness (QED) is 0.877. The first kappa shape index (κ1) is 16.0. The summed E-state index contributed by atoms with van der Waals surface area (Å²) in [5.74, 6) is 6.91. The second kappa shape index (κ2) is 8.11. The molecule has 1 aromatic heterocycles. The van der Waals surface area contributed by atoms with Gasteiger partial charge >= 0.3 is 0 Å². The first-order chi connectivity index (χ1) is 11.8. The molecule has 122 valence electrons. The van der Waals surface area contributed by atoms with E-state index in [2.05, 4.69) is 32.0 Å². The topological polar surface area (TPSA) is 58.1 Å².